The Morgan fingerprint density at radius 3 is 2.55 bits per heavy atom. The fourth-order valence-corrected chi connectivity index (χ4v) is 2.89. The van der Waals surface area contributed by atoms with Crippen molar-refractivity contribution in [1.29, 1.82) is 0 Å². The van der Waals surface area contributed by atoms with Crippen molar-refractivity contribution in [2.75, 3.05) is 0 Å². The molecule has 0 fully saturated rings. The highest BCUT2D eigenvalue weighted by Gasteiger charge is 2.15. The summed E-state index contributed by atoms with van der Waals surface area (Å²) in [4.78, 5) is 12.2. The number of rotatable bonds is 3. The molecule has 5 heteroatoms. The summed E-state index contributed by atoms with van der Waals surface area (Å²) in [6, 6.07) is 12.3. The van der Waals surface area contributed by atoms with Crippen LogP contribution in [0.1, 0.15) is 28.9 Å². The van der Waals surface area contributed by atoms with E-state index >= 15 is 0 Å². The zero-order valence-electron chi connectivity index (χ0n) is 10.7. The normalized spacial score (nSPS) is 12.0. The van der Waals surface area contributed by atoms with Gasteiger partial charge in [-0.1, -0.05) is 41.4 Å². The van der Waals surface area contributed by atoms with Gasteiger partial charge in [0.1, 0.15) is 0 Å². The van der Waals surface area contributed by atoms with Gasteiger partial charge in [0.05, 0.1) is 11.6 Å². The summed E-state index contributed by atoms with van der Waals surface area (Å²) < 4.78 is 0.756. The van der Waals surface area contributed by atoms with E-state index in [2.05, 4.69) is 21.2 Å². The third-order valence-electron chi connectivity index (χ3n) is 2.90. The highest BCUT2D eigenvalue weighted by Crippen LogP contribution is 2.26. The molecule has 0 aliphatic carbocycles. The lowest BCUT2D eigenvalue weighted by Crippen LogP contribution is -2.27. The summed E-state index contributed by atoms with van der Waals surface area (Å²) in [5.74, 6) is -0.156. The lowest BCUT2D eigenvalue weighted by atomic mass is 10.1. The van der Waals surface area contributed by atoms with E-state index in [9.17, 15) is 4.79 Å². The van der Waals surface area contributed by atoms with Crippen molar-refractivity contribution >= 4 is 45.0 Å². The Balaban J connectivity index is 2.17. The lowest BCUT2D eigenvalue weighted by Gasteiger charge is -2.16. The van der Waals surface area contributed by atoms with Crippen LogP contribution in [0.5, 0.6) is 0 Å². The quantitative estimate of drug-likeness (QED) is 0.783. The molecule has 0 aromatic heterocycles. The van der Waals surface area contributed by atoms with Crippen LogP contribution in [0.25, 0.3) is 0 Å². The van der Waals surface area contributed by atoms with Crippen molar-refractivity contribution in [2.45, 2.75) is 13.0 Å². The summed E-state index contributed by atoms with van der Waals surface area (Å²) in [6.07, 6.45) is 0. The molecule has 0 heterocycles. The SMILES string of the molecule is C[C@H](NC(=O)c1ccccc1Br)c1ccc(Cl)cc1Cl. The number of hydrogen-bond donors (Lipinski definition) is 1. The van der Waals surface area contributed by atoms with E-state index in [-0.39, 0.29) is 11.9 Å². The maximum atomic E-state index is 12.2. The zero-order valence-corrected chi connectivity index (χ0v) is 13.8. The Bertz CT molecular complexity index is 646. The van der Waals surface area contributed by atoms with E-state index in [1.807, 2.05) is 31.2 Å². The first-order valence-corrected chi connectivity index (χ1v) is 7.54. The van der Waals surface area contributed by atoms with E-state index in [1.165, 1.54) is 0 Å². The van der Waals surface area contributed by atoms with Gasteiger partial charge in [-0.25, -0.2) is 0 Å². The predicted octanol–water partition coefficient (Wildman–Crippen LogP) is 5.25. The molecule has 1 atom stereocenters. The number of carbonyl (C=O) groups is 1. The first kappa shape index (κ1) is 15.4. The molecule has 0 unspecified atom stereocenters. The minimum absolute atomic E-state index is 0.156. The minimum atomic E-state index is -0.209. The Morgan fingerprint density at radius 2 is 1.90 bits per heavy atom. The second-order valence-corrected chi connectivity index (χ2v) is 6.04. The molecule has 0 bridgehead atoms. The van der Waals surface area contributed by atoms with Gasteiger partial charge in [0.2, 0.25) is 0 Å². The van der Waals surface area contributed by atoms with Gasteiger partial charge in [0.25, 0.3) is 5.91 Å². The van der Waals surface area contributed by atoms with Gasteiger partial charge in [-0.2, -0.15) is 0 Å². The highest BCUT2D eigenvalue weighted by atomic mass is 79.9. The molecule has 1 amide bonds. The molecule has 0 saturated carbocycles. The van der Waals surface area contributed by atoms with Crippen molar-refractivity contribution in [3.05, 3.63) is 68.1 Å². The van der Waals surface area contributed by atoms with Crippen molar-refractivity contribution in [1.82, 2.24) is 5.32 Å². The van der Waals surface area contributed by atoms with Gasteiger partial charge in [-0.3, -0.25) is 4.79 Å². The number of amides is 1. The average molecular weight is 373 g/mol. The van der Waals surface area contributed by atoms with E-state index in [0.29, 0.717) is 15.6 Å². The summed E-state index contributed by atoms with van der Waals surface area (Å²) >= 11 is 15.4. The Morgan fingerprint density at radius 1 is 1.20 bits per heavy atom. The molecule has 2 aromatic rings. The summed E-state index contributed by atoms with van der Waals surface area (Å²) in [5.41, 5.74) is 1.42. The molecule has 0 spiro atoms. The van der Waals surface area contributed by atoms with Crippen LogP contribution in [0, 0.1) is 0 Å². The van der Waals surface area contributed by atoms with Gasteiger partial charge < -0.3 is 5.32 Å². The summed E-state index contributed by atoms with van der Waals surface area (Å²) in [5, 5.41) is 4.03. The monoisotopic (exact) mass is 371 g/mol. The van der Waals surface area contributed by atoms with Crippen LogP contribution in [0.3, 0.4) is 0 Å². The van der Waals surface area contributed by atoms with Crippen LogP contribution in [0.15, 0.2) is 46.9 Å². The van der Waals surface area contributed by atoms with Gasteiger partial charge in [-0.05, 0) is 52.7 Å². The van der Waals surface area contributed by atoms with Crippen molar-refractivity contribution in [2.24, 2.45) is 0 Å². The minimum Gasteiger partial charge on any atom is -0.345 e. The molecule has 20 heavy (non-hydrogen) atoms. The molecule has 2 nitrogen and oxygen atoms in total. The number of nitrogens with one attached hydrogen (secondary N) is 1. The first-order valence-electron chi connectivity index (χ1n) is 5.99. The zero-order chi connectivity index (χ0) is 14.7. The van der Waals surface area contributed by atoms with Crippen molar-refractivity contribution < 1.29 is 4.79 Å². The van der Waals surface area contributed by atoms with Crippen LogP contribution in [0.2, 0.25) is 10.0 Å². The molecule has 1 N–H and O–H groups in total. The van der Waals surface area contributed by atoms with E-state index in [0.717, 1.165) is 10.0 Å². The second-order valence-electron chi connectivity index (χ2n) is 4.34. The van der Waals surface area contributed by atoms with Crippen LogP contribution in [0.4, 0.5) is 0 Å². The molecule has 2 aromatic carbocycles. The van der Waals surface area contributed by atoms with E-state index < -0.39 is 0 Å². The Kier molecular flexibility index (Phi) is 5.08. The Hall–Kier alpha value is -1.03. The molecule has 0 aliphatic heterocycles. The molecule has 0 radical (unpaired) electrons. The fourth-order valence-electron chi connectivity index (χ4n) is 1.85. The molecular formula is C15H12BrCl2NO. The standard InChI is InChI=1S/C15H12BrCl2NO/c1-9(11-7-6-10(17)8-14(11)18)19-15(20)12-4-2-3-5-13(12)16/h2-9H,1H3,(H,19,20)/t9-/m0/s1. The maximum Gasteiger partial charge on any atom is 0.252 e. The largest absolute Gasteiger partial charge is 0.345 e. The van der Waals surface area contributed by atoms with Crippen LogP contribution in [-0.4, -0.2) is 5.91 Å². The second kappa shape index (κ2) is 6.61. The third-order valence-corrected chi connectivity index (χ3v) is 4.15. The number of hydrogen-bond acceptors (Lipinski definition) is 1. The fraction of sp³-hybridized carbons (Fsp3) is 0.133. The summed E-state index contributed by atoms with van der Waals surface area (Å²) in [6.45, 7) is 1.88. The van der Waals surface area contributed by atoms with E-state index in [1.54, 1.807) is 18.2 Å². The number of carbonyl (C=O) groups excluding carboxylic acids is 1. The van der Waals surface area contributed by atoms with Crippen molar-refractivity contribution in [3.8, 4) is 0 Å². The van der Waals surface area contributed by atoms with Crippen LogP contribution in [-0.2, 0) is 0 Å². The third kappa shape index (κ3) is 3.54. The lowest BCUT2D eigenvalue weighted by molar-refractivity contribution is 0.0939. The van der Waals surface area contributed by atoms with Crippen LogP contribution >= 0.6 is 39.1 Å². The average Bonchev–Trinajstić information content (AvgIpc) is 2.38. The number of halogens is 3. The van der Waals surface area contributed by atoms with Gasteiger partial charge in [-0.15, -0.1) is 0 Å². The van der Waals surface area contributed by atoms with Crippen molar-refractivity contribution in [3.63, 3.8) is 0 Å². The predicted molar refractivity (Wildman–Crippen MR) is 86.5 cm³/mol. The molecule has 104 valence electrons. The van der Waals surface area contributed by atoms with Crippen LogP contribution < -0.4 is 5.32 Å². The Labute approximate surface area is 136 Å². The van der Waals surface area contributed by atoms with Gasteiger partial charge in [0.15, 0.2) is 0 Å². The molecule has 2 rings (SSSR count). The smallest absolute Gasteiger partial charge is 0.252 e. The van der Waals surface area contributed by atoms with Gasteiger partial charge in [0, 0.05) is 14.5 Å². The first-order chi connectivity index (χ1) is 9.49. The molecule has 0 aliphatic rings. The van der Waals surface area contributed by atoms with E-state index in [4.69, 9.17) is 23.2 Å². The maximum absolute atomic E-state index is 12.2. The number of benzene rings is 2. The topological polar surface area (TPSA) is 29.1 Å². The summed E-state index contributed by atoms with van der Waals surface area (Å²) in [7, 11) is 0. The highest BCUT2D eigenvalue weighted by molar-refractivity contribution is 9.10. The molecule has 0 saturated heterocycles. The van der Waals surface area contributed by atoms with Gasteiger partial charge >= 0.3 is 0 Å². The molecular weight excluding hydrogens is 361 g/mol.